The van der Waals surface area contributed by atoms with Crippen molar-refractivity contribution in [3.63, 3.8) is 0 Å². The Kier molecular flexibility index (Phi) is 4.57. The Morgan fingerprint density at radius 3 is 2.78 bits per heavy atom. The molecule has 0 fully saturated rings. The van der Waals surface area contributed by atoms with Crippen LogP contribution in [0, 0.1) is 0 Å². The number of halogens is 3. The second-order valence-corrected chi connectivity index (χ2v) is 5.88. The Morgan fingerprint density at radius 1 is 1.44 bits per heavy atom. The molecule has 0 aromatic carbocycles. The second-order valence-electron chi connectivity index (χ2n) is 3.38. The highest BCUT2D eigenvalue weighted by Crippen LogP contribution is 2.23. The lowest BCUT2D eigenvalue weighted by Gasteiger charge is -2.03. The zero-order valence-corrected chi connectivity index (χ0v) is 13.7. The number of carbonyl (C=O) groups excluding carboxylic acids is 1. The maximum absolute atomic E-state index is 11.8. The fourth-order valence-corrected chi connectivity index (χ4v) is 2.25. The largest absolute Gasteiger partial charge is 0.349 e. The summed E-state index contributed by atoms with van der Waals surface area (Å²) in [5.41, 5.74) is 0.323. The maximum atomic E-state index is 11.8. The van der Waals surface area contributed by atoms with Gasteiger partial charge in [0, 0.05) is 12.7 Å². The molecule has 0 saturated carbocycles. The summed E-state index contributed by atoms with van der Waals surface area (Å²) in [7, 11) is 0. The summed E-state index contributed by atoms with van der Waals surface area (Å²) in [5, 5.41) is 13.4. The fourth-order valence-electron chi connectivity index (χ4n) is 1.29. The molecule has 0 atom stereocenters. The number of hydrogen-bond donors (Lipinski definition) is 2. The van der Waals surface area contributed by atoms with Gasteiger partial charge in [-0.25, -0.2) is 0 Å². The number of H-pyrrole nitrogens is 1. The Balaban J connectivity index is 1.87. The van der Waals surface area contributed by atoms with Gasteiger partial charge in [0.15, 0.2) is 5.69 Å². The van der Waals surface area contributed by atoms with Gasteiger partial charge in [-0.3, -0.25) is 14.6 Å². The van der Waals surface area contributed by atoms with Gasteiger partial charge in [-0.15, -0.1) is 0 Å². The first-order chi connectivity index (χ1) is 8.58. The van der Waals surface area contributed by atoms with Crippen molar-refractivity contribution in [2.45, 2.75) is 6.54 Å². The molecule has 2 aromatic heterocycles. The summed E-state index contributed by atoms with van der Waals surface area (Å²) in [6, 6.07) is 0. The third-order valence-electron chi connectivity index (χ3n) is 2.11. The number of aromatic amines is 1. The molecule has 2 heterocycles. The normalized spacial score (nSPS) is 10.6. The van der Waals surface area contributed by atoms with Gasteiger partial charge in [0.1, 0.15) is 4.60 Å². The number of hydrogen-bond acceptors (Lipinski definition) is 3. The van der Waals surface area contributed by atoms with Crippen molar-refractivity contribution in [2.75, 3.05) is 6.54 Å². The zero-order chi connectivity index (χ0) is 13.1. The summed E-state index contributed by atoms with van der Waals surface area (Å²) in [6.07, 6.45) is 3.54. The van der Waals surface area contributed by atoms with Gasteiger partial charge < -0.3 is 5.32 Å². The van der Waals surface area contributed by atoms with Gasteiger partial charge in [0.2, 0.25) is 0 Å². The van der Waals surface area contributed by atoms with E-state index in [0.29, 0.717) is 27.9 Å². The molecule has 2 N–H and O–H groups in total. The smallest absolute Gasteiger partial charge is 0.273 e. The average Bonchev–Trinajstić information content (AvgIpc) is 2.87. The van der Waals surface area contributed by atoms with Crippen LogP contribution in [0.5, 0.6) is 0 Å². The van der Waals surface area contributed by atoms with E-state index in [4.69, 9.17) is 0 Å². The first-order valence-corrected chi connectivity index (χ1v) is 7.31. The van der Waals surface area contributed by atoms with Crippen LogP contribution < -0.4 is 5.32 Å². The summed E-state index contributed by atoms with van der Waals surface area (Å²) in [4.78, 5) is 11.8. The van der Waals surface area contributed by atoms with Crippen LogP contribution in [0.15, 0.2) is 25.9 Å². The molecule has 96 valence electrons. The molecule has 0 aliphatic rings. The second kappa shape index (κ2) is 5.98. The fraction of sp³-hybridized carbons (Fsp3) is 0.222. The predicted molar refractivity (Wildman–Crippen MR) is 76.2 cm³/mol. The highest BCUT2D eigenvalue weighted by Gasteiger charge is 2.15. The van der Waals surface area contributed by atoms with Crippen LogP contribution in [0.2, 0.25) is 0 Å². The van der Waals surface area contributed by atoms with Crippen LogP contribution in [-0.2, 0) is 6.54 Å². The minimum absolute atomic E-state index is 0.241. The Morgan fingerprint density at radius 2 is 2.22 bits per heavy atom. The van der Waals surface area contributed by atoms with Crippen molar-refractivity contribution in [1.29, 1.82) is 0 Å². The summed E-state index contributed by atoms with van der Waals surface area (Å²) in [5.74, 6) is -0.241. The van der Waals surface area contributed by atoms with Gasteiger partial charge >= 0.3 is 0 Å². The number of aromatic nitrogens is 4. The number of nitrogens with one attached hydrogen (secondary N) is 2. The van der Waals surface area contributed by atoms with Gasteiger partial charge in [-0.05, 0) is 47.8 Å². The first-order valence-electron chi connectivity index (χ1n) is 4.93. The lowest BCUT2D eigenvalue weighted by atomic mass is 10.4. The highest BCUT2D eigenvalue weighted by atomic mass is 79.9. The van der Waals surface area contributed by atoms with Crippen molar-refractivity contribution in [2.24, 2.45) is 0 Å². The molecule has 0 bridgehead atoms. The molecule has 0 saturated heterocycles. The topological polar surface area (TPSA) is 75.6 Å². The van der Waals surface area contributed by atoms with Crippen LogP contribution in [0.1, 0.15) is 10.5 Å². The minimum Gasteiger partial charge on any atom is -0.349 e. The monoisotopic (exact) mass is 439 g/mol. The third-order valence-corrected chi connectivity index (χ3v) is 4.40. The zero-order valence-electron chi connectivity index (χ0n) is 8.95. The van der Waals surface area contributed by atoms with Crippen LogP contribution in [0.4, 0.5) is 0 Å². The molecule has 6 nitrogen and oxygen atoms in total. The lowest BCUT2D eigenvalue weighted by molar-refractivity contribution is 0.0946. The molecule has 1 amide bonds. The van der Waals surface area contributed by atoms with Gasteiger partial charge in [-0.2, -0.15) is 10.2 Å². The van der Waals surface area contributed by atoms with Crippen molar-refractivity contribution in [3.05, 3.63) is 31.6 Å². The number of rotatable bonds is 4. The van der Waals surface area contributed by atoms with Crippen molar-refractivity contribution in [3.8, 4) is 0 Å². The quantitative estimate of drug-likeness (QED) is 0.764. The minimum atomic E-state index is -0.241. The maximum Gasteiger partial charge on any atom is 0.273 e. The predicted octanol–water partition coefficient (Wildman–Crippen LogP) is 2.32. The number of nitrogens with zero attached hydrogens (tertiary/aromatic N) is 3. The van der Waals surface area contributed by atoms with Gasteiger partial charge in [0.05, 0.1) is 21.7 Å². The van der Waals surface area contributed by atoms with Crippen molar-refractivity contribution in [1.82, 2.24) is 25.3 Å². The Labute approximate surface area is 128 Å². The van der Waals surface area contributed by atoms with Gasteiger partial charge in [0.25, 0.3) is 5.91 Å². The third kappa shape index (κ3) is 3.21. The van der Waals surface area contributed by atoms with E-state index in [1.807, 2.05) is 6.20 Å². The molecule has 18 heavy (non-hydrogen) atoms. The first kappa shape index (κ1) is 13.8. The molecular weight excluding hydrogens is 434 g/mol. The number of amides is 1. The molecule has 0 spiro atoms. The summed E-state index contributed by atoms with van der Waals surface area (Å²) < 4.78 is 3.90. The van der Waals surface area contributed by atoms with E-state index in [2.05, 4.69) is 68.4 Å². The molecule has 0 aliphatic heterocycles. The Hall–Kier alpha value is -0.670. The van der Waals surface area contributed by atoms with Gasteiger partial charge in [-0.1, -0.05) is 0 Å². The molecule has 0 radical (unpaired) electrons. The summed E-state index contributed by atoms with van der Waals surface area (Å²) >= 11 is 9.80. The Bertz CT molecular complexity index is 564. The molecular formula is C9H8Br3N5O. The van der Waals surface area contributed by atoms with E-state index in [1.165, 1.54) is 0 Å². The molecule has 0 unspecified atom stereocenters. The van der Waals surface area contributed by atoms with E-state index in [0.717, 1.165) is 4.47 Å². The van der Waals surface area contributed by atoms with Crippen LogP contribution in [0.25, 0.3) is 0 Å². The van der Waals surface area contributed by atoms with Crippen LogP contribution >= 0.6 is 47.8 Å². The molecule has 2 rings (SSSR count). The van der Waals surface area contributed by atoms with Crippen LogP contribution in [-0.4, -0.2) is 32.4 Å². The average molecular weight is 442 g/mol. The number of carbonyl (C=O) groups is 1. The molecule has 2 aromatic rings. The standard InChI is InChI=1S/C9H8Br3N5O/c10-5-3-14-17(4-5)2-1-13-9(18)7-6(11)8(12)16-15-7/h3-4H,1-2H2,(H,13,18)(H,15,16). The van der Waals surface area contributed by atoms with E-state index < -0.39 is 0 Å². The van der Waals surface area contributed by atoms with Crippen LogP contribution in [0.3, 0.4) is 0 Å². The van der Waals surface area contributed by atoms with E-state index in [1.54, 1.807) is 10.9 Å². The van der Waals surface area contributed by atoms with E-state index in [-0.39, 0.29) is 5.91 Å². The van der Waals surface area contributed by atoms with Crippen molar-refractivity contribution < 1.29 is 4.79 Å². The molecule has 0 aliphatic carbocycles. The molecule has 9 heteroatoms. The van der Waals surface area contributed by atoms with E-state index >= 15 is 0 Å². The summed E-state index contributed by atoms with van der Waals surface area (Å²) in [6.45, 7) is 1.07. The van der Waals surface area contributed by atoms with E-state index in [9.17, 15) is 4.79 Å². The lowest BCUT2D eigenvalue weighted by Crippen LogP contribution is -2.27. The van der Waals surface area contributed by atoms with Crippen molar-refractivity contribution >= 4 is 53.7 Å². The SMILES string of the molecule is O=C(NCCn1cc(Br)cn1)c1n[nH]c(Br)c1Br. The highest BCUT2D eigenvalue weighted by molar-refractivity contribution is 9.13.